The molecular weight excluding hydrogens is 100 g/mol. The Labute approximate surface area is 49.6 Å². The molecule has 0 fully saturated rings. The van der Waals surface area contributed by atoms with Gasteiger partial charge in [-0.2, -0.15) is 0 Å². The van der Waals surface area contributed by atoms with Crippen molar-refractivity contribution in [3.8, 4) is 0 Å². The summed E-state index contributed by atoms with van der Waals surface area (Å²) in [6.07, 6.45) is 0. The van der Waals surface area contributed by atoms with E-state index in [0.29, 0.717) is 11.4 Å². The molecule has 42 valence electrons. The fourth-order valence-corrected chi connectivity index (χ4v) is 0.497. The van der Waals surface area contributed by atoms with Gasteiger partial charge in [-0.25, -0.2) is 0 Å². The Morgan fingerprint density at radius 1 is 1.25 bits per heavy atom. The zero-order valence-electron chi connectivity index (χ0n) is 5.39. The molecule has 0 radical (unpaired) electrons. The molecular formula is C6H8N2. The van der Waals surface area contributed by atoms with Crippen molar-refractivity contribution in [1.29, 1.82) is 0 Å². The van der Waals surface area contributed by atoms with Crippen molar-refractivity contribution >= 4 is 11.4 Å². The quantitative estimate of drug-likeness (QED) is 0.526. The highest BCUT2D eigenvalue weighted by Crippen LogP contribution is 2.10. The highest BCUT2D eigenvalue weighted by Gasteiger charge is 1.85. The van der Waals surface area contributed by atoms with Crippen molar-refractivity contribution in [2.75, 3.05) is 11.5 Å². The van der Waals surface area contributed by atoms with Crippen LogP contribution in [0.4, 0.5) is 11.4 Å². The largest absolute Gasteiger partial charge is 0.397 e. The van der Waals surface area contributed by atoms with E-state index in [1.54, 1.807) is 12.1 Å². The molecule has 0 bridgehead atoms. The van der Waals surface area contributed by atoms with Crippen molar-refractivity contribution in [1.82, 2.24) is 0 Å². The van der Waals surface area contributed by atoms with E-state index in [4.69, 9.17) is 7.15 Å². The van der Waals surface area contributed by atoms with Crippen LogP contribution in [-0.4, -0.2) is 0 Å². The summed E-state index contributed by atoms with van der Waals surface area (Å²) < 4.78 is 6.75. The van der Waals surface area contributed by atoms with Gasteiger partial charge in [0.15, 0.2) is 1.41 Å². The first kappa shape index (κ1) is 3.78. The molecule has 0 saturated heterocycles. The third-order valence-electron chi connectivity index (χ3n) is 0.961. The number of nitrogens with two attached hydrogens (primary N) is 2. The summed E-state index contributed by atoms with van der Waals surface area (Å²) in [7, 11) is 0. The molecule has 4 N–H and O–H groups in total. The molecule has 0 aliphatic heterocycles. The number of anilines is 2. The lowest BCUT2D eigenvalue weighted by Crippen LogP contribution is -1.91. The number of benzene rings is 1. The summed E-state index contributed by atoms with van der Waals surface area (Å²) in [6.45, 7) is 0. The lowest BCUT2D eigenvalue weighted by atomic mass is 10.3. The molecule has 1 aromatic carbocycles. The topological polar surface area (TPSA) is 52.0 Å². The van der Waals surface area contributed by atoms with Crippen LogP contribution >= 0.6 is 0 Å². The van der Waals surface area contributed by atoms with Crippen molar-refractivity contribution in [3.63, 3.8) is 0 Å². The SMILES string of the molecule is [3H]Nc1ccccc1N. The van der Waals surface area contributed by atoms with Crippen LogP contribution in [0.5, 0.6) is 0 Å². The van der Waals surface area contributed by atoms with E-state index >= 15 is 0 Å². The molecule has 0 aromatic heterocycles. The maximum absolute atomic E-state index is 6.75. The third kappa shape index (κ3) is 0.729. The van der Waals surface area contributed by atoms with E-state index in [9.17, 15) is 0 Å². The molecule has 0 unspecified atom stereocenters. The number of nitrogen functional groups attached to an aromatic ring is 2. The average molecular weight is 110 g/mol. The van der Waals surface area contributed by atoms with Crippen LogP contribution in [-0.2, 0) is 0 Å². The lowest BCUT2D eigenvalue weighted by Gasteiger charge is -1.94. The first-order valence-electron chi connectivity index (χ1n) is 2.87. The van der Waals surface area contributed by atoms with Gasteiger partial charge in [0.2, 0.25) is 0 Å². The third-order valence-corrected chi connectivity index (χ3v) is 0.961. The van der Waals surface area contributed by atoms with Crippen molar-refractivity contribution in [2.45, 2.75) is 0 Å². The minimum absolute atomic E-state index is 0.604. The van der Waals surface area contributed by atoms with E-state index < -0.39 is 0 Å². The maximum Gasteiger partial charge on any atom is 0.156 e. The minimum Gasteiger partial charge on any atom is -0.397 e. The molecule has 1 aromatic rings. The Morgan fingerprint density at radius 2 is 1.88 bits per heavy atom. The van der Waals surface area contributed by atoms with Crippen molar-refractivity contribution in [2.24, 2.45) is 0 Å². The molecule has 1 rings (SSSR count). The average Bonchev–Trinajstić information content (AvgIpc) is 1.89. The first-order chi connectivity index (χ1) is 4.34. The first-order valence-corrected chi connectivity index (χ1v) is 2.37. The Balaban J connectivity index is 3.01. The highest BCUT2D eigenvalue weighted by molar-refractivity contribution is 5.62. The normalized spacial score (nSPS) is 10.2. The monoisotopic (exact) mass is 110 g/mol. The van der Waals surface area contributed by atoms with Gasteiger partial charge < -0.3 is 11.5 Å². The fraction of sp³-hybridized carbons (Fsp3) is 0. The van der Waals surface area contributed by atoms with Crippen molar-refractivity contribution in [3.05, 3.63) is 24.3 Å². The van der Waals surface area contributed by atoms with Gasteiger partial charge in [-0.15, -0.1) is 0 Å². The van der Waals surface area contributed by atoms with E-state index in [0.717, 1.165) is 0 Å². The summed E-state index contributed by atoms with van der Waals surface area (Å²) >= 11 is 0. The van der Waals surface area contributed by atoms with E-state index in [1.807, 2.05) is 12.1 Å². The molecule has 2 heteroatoms. The number of rotatable bonds is 1. The predicted molar refractivity (Wildman–Crippen MR) is 35.3 cm³/mol. The standard InChI is InChI=1S/C6H8N2/c7-5-3-1-2-4-6(5)8/h1-4H,7-8H2/i/hT. The molecule has 8 heavy (non-hydrogen) atoms. The van der Waals surface area contributed by atoms with Crippen molar-refractivity contribution < 1.29 is 1.41 Å². The molecule has 2 nitrogen and oxygen atoms in total. The Morgan fingerprint density at radius 3 is 2.25 bits per heavy atom. The molecule has 0 spiro atoms. The van der Waals surface area contributed by atoms with Gasteiger partial charge in [0.05, 0.1) is 11.4 Å². The Kier molecular flexibility index (Phi) is 0.821. The summed E-state index contributed by atoms with van der Waals surface area (Å²) in [5.41, 5.74) is 8.92. The second kappa shape index (κ2) is 1.74. The Hall–Kier alpha value is -1.18. The minimum atomic E-state index is 0.604. The van der Waals surface area contributed by atoms with E-state index in [2.05, 4.69) is 5.73 Å². The van der Waals surface area contributed by atoms with E-state index in [-0.39, 0.29) is 0 Å². The van der Waals surface area contributed by atoms with Gasteiger partial charge >= 0.3 is 0 Å². The van der Waals surface area contributed by atoms with Gasteiger partial charge in [0, 0.05) is 0 Å². The van der Waals surface area contributed by atoms with Gasteiger partial charge in [-0.05, 0) is 12.1 Å². The van der Waals surface area contributed by atoms with E-state index in [1.165, 1.54) is 0 Å². The second-order valence-electron chi connectivity index (χ2n) is 1.59. The maximum atomic E-state index is 6.75. The lowest BCUT2D eigenvalue weighted by molar-refractivity contribution is 1.67. The van der Waals surface area contributed by atoms with Crippen LogP contribution in [0.25, 0.3) is 0 Å². The van der Waals surface area contributed by atoms with Crippen LogP contribution in [0, 0.1) is 0 Å². The molecule has 0 amide bonds. The summed E-state index contributed by atoms with van der Waals surface area (Å²) in [5, 5.41) is 0. The van der Waals surface area contributed by atoms with Gasteiger partial charge in [-0.3, -0.25) is 0 Å². The summed E-state index contributed by atoms with van der Waals surface area (Å²) in [5.74, 6) is 0. The molecule has 0 heterocycles. The van der Waals surface area contributed by atoms with Crippen LogP contribution in [0.3, 0.4) is 0 Å². The molecule has 0 atom stereocenters. The molecule has 0 saturated carbocycles. The number of hydrogen-bond donors (Lipinski definition) is 2. The zero-order valence-corrected chi connectivity index (χ0v) is 4.39. The van der Waals surface area contributed by atoms with Gasteiger partial charge in [0.25, 0.3) is 0 Å². The zero-order chi connectivity index (χ0) is 6.69. The summed E-state index contributed by atoms with van der Waals surface area (Å²) in [4.78, 5) is 0. The smallest absolute Gasteiger partial charge is 0.156 e. The van der Waals surface area contributed by atoms with Crippen LogP contribution in [0.15, 0.2) is 24.3 Å². The predicted octanol–water partition coefficient (Wildman–Crippen LogP) is 0.851. The fourth-order valence-electron chi connectivity index (χ4n) is 0.497. The molecule has 0 aliphatic rings. The highest BCUT2D eigenvalue weighted by atomic mass is 14.7. The second-order valence-corrected chi connectivity index (χ2v) is 1.59. The van der Waals surface area contributed by atoms with Crippen LogP contribution in [0.1, 0.15) is 0 Å². The summed E-state index contributed by atoms with van der Waals surface area (Å²) in [6, 6.07) is 7.16. The molecule has 0 aliphatic carbocycles. The number of hydrogen-bond acceptors (Lipinski definition) is 2. The number of para-hydroxylation sites is 2. The van der Waals surface area contributed by atoms with Crippen LogP contribution in [0.2, 0.25) is 1.41 Å². The van der Waals surface area contributed by atoms with Gasteiger partial charge in [-0.1, -0.05) is 12.1 Å². The Bertz CT molecular complexity index is 200. The van der Waals surface area contributed by atoms with Crippen LogP contribution < -0.4 is 11.5 Å². The van der Waals surface area contributed by atoms with Gasteiger partial charge in [0.1, 0.15) is 0 Å².